The van der Waals surface area contributed by atoms with Gasteiger partial charge in [0, 0.05) is 19.0 Å². The molecule has 4 nitrogen and oxygen atoms in total. The number of carbonyl (C=O) groups excluding carboxylic acids is 1. The second-order valence-electron chi connectivity index (χ2n) is 7.83. The first kappa shape index (κ1) is 17.3. The third-order valence-corrected chi connectivity index (χ3v) is 5.86. The Kier molecular flexibility index (Phi) is 5.44. The molecule has 1 aliphatic heterocycles. The number of phenols is 1. The average Bonchev–Trinajstić information content (AvgIpc) is 3.05. The first-order valence-corrected chi connectivity index (χ1v) is 9.34. The van der Waals surface area contributed by atoms with Gasteiger partial charge in [0.05, 0.1) is 6.17 Å². The zero-order valence-corrected chi connectivity index (χ0v) is 14.9. The lowest BCUT2D eigenvalue weighted by Crippen LogP contribution is -2.55. The molecule has 4 heteroatoms. The van der Waals surface area contributed by atoms with Gasteiger partial charge < -0.3 is 10.4 Å². The SMILES string of the molecule is CC(C)[C@@H](CC1CCCC1)N1Cc2cc(O)ccc2CC1NC=O. The fraction of sp³-hybridized carbons (Fsp3) is 0.650. The number of nitrogens with zero attached hydrogens (tertiary/aromatic N) is 1. The highest BCUT2D eigenvalue weighted by molar-refractivity contribution is 5.47. The predicted molar refractivity (Wildman–Crippen MR) is 95.5 cm³/mol. The van der Waals surface area contributed by atoms with Crippen molar-refractivity contribution in [2.24, 2.45) is 11.8 Å². The molecule has 0 bridgehead atoms. The van der Waals surface area contributed by atoms with Crippen LogP contribution in [0.2, 0.25) is 0 Å². The van der Waals surface area contributed by atoms with E-state index in [4.69, 9.17) is 0 Å². The summed E-state index contributed by atoms with van der Waals surface area (Å²) in [5, 5.41) is 12.9. The van der Waals surface area contributed by atoms with Gasteiger partial charge in [0.25, 0.3) is 0 Å². The van der Waals surface area contributed by atoms with Crippen LogP contribution in [0.4, 0.5) is 0 Å². The molecule has 1 aromatic rings. The number of rotatable bonds is 6. The third kappa shape index (κ3) is 3.75. The first-order valence-electron chi connectivity index (χ1n) is 9.34. The van der Waals surface area contributed by atoms with Crippen LogP contribution in [-0.4, -0.2) is 28.6 Å². The molecule has 1 amide bonds. The van der Waals surface area contributed by atoms with Crippen molar-refractivity contribution in [3.8, 4) is 5.75 Å². The Labute approximate surface area is 145 Å². The van der Waals surface area contributed by atoms with Gasteiger partial charge >= 0.3 is 0 Å². The number of phenolic OH excluding ortho intramolecular Hbond substituents is 1. The highest BCUT2D eigenvalue weighted by Crippen LogP contribution is 2.35. The second-order valence-corrected chi connectivity index (χ2v) is 7.83. The van der Waals surface area contributed by atoms with Crippen molar-refractivity contribution in [3.63, 3.8) is 0 Å². The maximum absolute atomic E-state index is 11.1. The average molecular weight is 330 g/mol. The molecule has 1 fully saturated rings. The number of hydrogen-bond donors (Lipinski definition) is 2. The molecular formula is C20H30N2O2. The van der Waals surface area contributed by atoms with E-state index in [9.17, 15) is 9.90 Å². The minimum Gasteiger partial charge on any atom is -0.508 e. The van der Waals surface area contributed by atoms with Gasteiger partial charge in [0.2, 0.25) is 6.41 Å². The lowest BCUT2D eigenvalue weighted by molar-refractivity contribution is -0.112. The summed E-state index contributed by atoms with van der Waals surface area (Å²) in [6.45, 7) is 5.37. The number of amides is 1. The Hall–Kier alpha value is -1.55. The van der Waals surface area contributed by atoms with Gasteiger partial charge in [-0.1, -0.05) is 45.6 Å². The Balaban J connectivity index is 1.84. The number of benzene rings is 1. The molecule has 2 N–H and O–H groups in total. The van der Waals surface area contributed by atoms with Crippen molar-refractivity contribution >= 4 is 6.41 Å². The van der Waals surface area contributed by atoms with Gasteiger partial charge in [-0.05, 0) is 41.5 Å². The Morgan fingerprint density at radius 1 is 1.29 bits per heavy atom. The van der Waals surface area contributed by atoms with Crippen molar-refractivity contribution in [1.82, 2.24) is 10.2 Å². The normalized spacial score (nSPS) is 23.2. The van der Waals surface area contributed by atoms with E-state index >= 15 is 0 Å². The van der Waals surface area contributed by atoms with E-state index in [1.165, 1.54) is 43.2 Å². The van der Waals surface area contributed by atoms with Gasteiger partial charge in [-0.3, -0.25) is 9.69 Å². The van der Waals surface area contributed by atoms with Crippen molar-refractivity contribution < 1.29 is 9.90 Å². The van der Waals surface area contributed by atoms with E-state index in [0.29, 0.717) is 17.7 Å². The maximum Gasteiger partial charge on any atom is 0.208 e. The molecule has 1 aromatic carbocycles. The summed E-state index contributed by atoms with van der Waals surface area (Å²) in [5.41, 5.74) is 2.42. The zero-order valence-electron chi connectivity index (χ0n) is 14.9. The molecule has 132 valence electrons. The van der Waals surface area contributed by atoms with Crippen LogP contribution < -0.4 is 5.32 Å². The summed E-state index contributed by atoms with van der Waals surface area (Å²) >= 11 is 0. The summed E-state index contributed by atoms with van der Waals surface area (Å²) in [6.07, 6.45) is 8.32. The molecule has 24 heavy (non-hydrogen) atoms. The quantitative estimate of drug-likeness (QED) is 0.786. The van der Waals surface area contributed by atoms with Crippen molar-refractivity contribution in [1.29, 1.82) is 0 Å². The van der Waals surface area contributed by atoms with Crippen LogP contribution in [0, 0.1) is 11.8 Å². The largest absolute Gasteiger partial charge is 0.508 e. The predicted octanol–water partition coefficient (Wildman–Crippen LogP) is 3.43. The zero-order chi connectivity index (χ0) is 17.1. The monoisotopic (exact) mass is 330 g/mol. The van der Waals surface area contributed by atoms with Gasteiger partial charge in [-0.2, -0.15) is 0 Å². The van der Waals surface area contributed by atoms with Crippen LogP contribution in [0.3, 0.4) is 0 Å². The standard InChI is InChI=1S/C20H30N2O2/c1-14(2)19(9-15-5-3-4-6-15)22-12-17-10-18(24)8-7-16(17)11-20(22)21-13-23/h7-8,10,13-15,19-20,24H,3-6,9,11-12H2,1-2H3,(H,21,23)/t19-,20?/m1/s1. The molecule has 2 aliphatic rings. The highest BCUT2D eigenvalue weighted by Gasteiger charge is 2.34. The van der Waals surface area contributed by atoms with Gasteiger partial charge in [0.15, 0.2) is 0 Å². The van der Waals surface area contributed by atoms with E-state index in [-0.39, 0.29) is 6.17 Å². The molecule has 2 atom stereocenters. The molecule has 3 rings (SSSR count). The molecule has 1 aliphatic carbocycles. The fourth-order valence-corrected chi connectivity index (χ4v) is 4.55. The molecule has 1 unspecified atom stereocenters. The number of hydrogen-bond acceptors (Lipinski definition) is 3. The van der Waals surface area contributed by atoms with E-state index in [1.807, 2.05) is 12.1 Å². The summed E-state index contributed by atoms with van der Waals surface area (Å²) in [6, 6.07) is 6.07. The molecular weight excluding hydrogens is 300 g/mol. The van der Waals surface area contributed by atoms with Crippen LogP contribution in [0.15, 0.2) is 18.2 Å². The van der Waals surface area contributed by atoms with Gasteiger partial charge in [-0.15, -0.1) is 0 Å². The number of fused-ring (bicyclic) bond motifs is 1. The maximum atomic E-state index is 11.1. The van der Waals surface area contributed by atoms with Crippen molar-refractivity contribution in [3.05, 3.63) is 29.3 Å². The molecule has 0 aromatic heterocycles. The molecule has 0 radical (unpaired) electrons. The summed E-state index contributed by atoms with van der Waals surface area (Å²) in [5.74, 6) is 1.69. The van der Waals surface area contributed by atoms with E-state index in [2.05, 4.69) is 24.1 Å². The van der Waals surface area contributed by atoms with Crippen molar-refractivity contribution in [2.45, 2.75) is 71.1 Å². The summed E-state index contributed by atoms with van der Waals surface area (Å²) < 4.78 is 0. The third-order valence-electron chi connectivity index (χ3n) is 5.86. The molecule has 1 saturated carbocycles. The van der Waals surface area contributed by atoms with Crippen LogP contribution in [0.25, 0.3) is 0 Å². The fourth-order valence-electron chi connectivity index (χ4n) is 4.55. The van der Waals surface area contributed by atoms with Crippen LogP contribution in [0.5, 0.6) is 5.75 Å². The smallest absolute Gasteiger partial charge is 0.208 e. The number of nitrogens with one attached hydrogen (secondary N) is 1. The Morgan fingerprint density at radius 2 is 2.04 bits per heavy atom. The minimum absolute atomic E-state index is 0.0494. The van der Waals surface area contributed by atoms with Gasteiger partial charge in [0.1, 0.15) is 5.75 Å². The Morgan fingerprint density at radius 3 is 2.71 bits per heavy atom. The Bertz CT molecular complexity index is 567. The molecule has 1 heterocycles. The van der Waals surface area contributed by atoms with Crippen LogP contribution in [-0.2, 0) is 17.8 Å². The van der Waals surface area contributed by atoms with Crippen LogP contribution in [0.1, 0.15) is 57.1 Å². The summed E-state index contributed by atoms with van der Waals surface area (Å²) in [7, 11) is 0. The molecule has 0 saturated heterocycles. The topological polar surface area (TPSA) is 52.6 Å². The second kappa shape index (κ2) is 7.56. The van der Waals surface area contributed by atoms with Crippen molar-refractivity contribution in [2.75, 3.05) is 0 Å². The number of aromatic hydroxyl groups is 1. The van der Waals surface area contributed by atoms with E-state index in [0.717, 1.165) is 25.3 Å². The lowest BCUT2D eigenvalue weighted by atomic mass is 9.87. The highest BCUT2D eigenvalue weighted by atomic mass is 16.3. The number of carbonyl (C=O) groups is 1. The van der Waals surface area contributed by atoms with E-state index in [1.54, 1.807) is 6.07 Å². The van der Waals surface area contributed by atoms with Crippen LogP contribution >= 0.6 is 0 Å². The van der Waals surface area contributed by atoms with Gasteiger partial charge in [-0.25, -0.2) is 0 Å². The van der Waals surface area contributed by atoms with E-state index < -0.39 is 0 Å². The minimum atomic E-state index is 0.0494. The summed E-state index contributed by atoms with van der Waals surface area (Å²) in [4.78, 5) is 13.6. The molecule has 0 spiro atoms. The lowest BCUT2D eigenvalue weighted by Gasteiger charge is -2.44. The first-order chi connectivity index (χ1) is 11.6.